The summed E-state index contributed by atoms with van der Waals surface area (Å²) in [6.45, 7) is 3.78. The second-order valence-electron chi connectivity index (χ2n) is 4.19. The minimum absolute atomic E-state index is 0.0826. The molecule has 0 radical (unpaired) electrons. The lowest BCUT2D eigenvalue weighted by Gasteiger charge is -2.06. The van der Waals surface area contributed by atoms with Crippen LogP contribution in [-0.4, -0.2) is 16.1 Å². The molecule has 1 heterocycles. The largest absolute Gasteiger partial charge is 0.300 e. The van der Waals surface area contributed by atoms with Crippen LogP contribution in [0, 0.1) is 11.7 Å². The molecular formula is C13H14FN3OS. The van der Waals surface area contributed by atoms with Gasteiger partial charge in [0.25, 0.3) is 0 Å². The monoisotopic (exact) mass is 279 g/mol. The summed E-state index contributed by atoms with van der Waals surface area (Å²) >= 11 is 1.16. The molecule has 0 saturated carbocycles. The normalized spacial score (nSPS) is 12.2. The van der Waals surface area contributed by atoms with Crippen LogP contribution in [0.1, 0.15) is 20.3 Å². The topological polar surface area (TPSA) is 54.9 Å². The number of nitrogens with one attached hydrogen (secondary N) is 1. The number of aromatic nitrogens is 2. The van der Waals surface area contributed by atoms with Crippen molar-refractivity contribution in [3.63, 3.8) is 0 Å². The highest BCUT2D eigenvalue weighted by Gasteiger charge is 2.15. The van der Waals surface area contributed by atoms with E-state index < -0.39 is 0 Å². The van der Waals surface area contributed by atoms with E-state index in [2.05, 4.69) is 15.5 Å². The Hall–Kier alpha value is -1.82. The third-order valence-electron chi connectivity index (χ3n) is 2.82. The van der Waals surface area contributed by atoms with E-state index >= 15 is 0 Å². The molecule has 1 aromatic heterocycles. The van der Waals surface area contributed by atoms with Gasteiger partial charge in [0.15, 0.2) is 5.01 Å². The van der Waals surface area contributed by atoms with E-state index in [-0.39, 0.29) is 17.6 Å². The smallest absolute Gasteiger partial charge is 0.229 e. The fourth-order valence-corrected chi connectivity index (χ4v) is 2.20. The van der Waals surface area contributed by atoms with Crippen LogP contribution in [-0.2, 0) is 4.79 Å². The first-order valence-electron chi connectivity index (χ1n) is 6.01. The van der Waals surface area contributed by atoms with Crippen molar-refractivity contribution < 1.29 is 9.18 Å². The predicted molar refractivity (Wildman–Crippen MR) is 73.4 cm³/mol. The summed E-state index contributed by atoms with van der Waals surface area (Å²) < 4.78 is 13.6. The predicted octanol–water partition coefficient (Wildman–Crippen LogP) is 3.33. The van der Waals surface area contributed by atoms with Gasteiger partial charge in [0.2, 0.25) is 11.0 Å². The second kappa shape index (κ2) is 5.88. The highest BCUT2D eigenvalue weighted by atomic mass is 32.1. The molecule has 1 N–H and O–H groups in total. The molecule has 100 valence electrons. The van der Waals surface area contributed by atoms with Gasteiger partial charge in [-0.25, -0.2) is 4.39 Å². The standard InChI is InChI=1S/C13H14FN3OS/c1-3-8(2)11(18)15-13-17-16-12(19-13)9-6-4-5-7-10(9)14/h4-8H,3H2,1-2H3,(H,15,17,18)/t8-/m1/s1. The third kappa shape index (κ3) is 3.14. The first-order chi connectivity index (χ1) is 9.11. The van der Waals surface area contributed by atoms with Crippen LogP contribution in [0.4, 0.5) is 9.52 Å². The van der Waals surface area contributed by atoms with Gasteiger partial charge in [0.1, 0.15) is 5.82 Å². The number of carbonyl (C=O) groups is 1. The molecule has 1 atom stereocenters. The van der Waals surface area contributed by atoms with Gasteiger partial charge in [-0.3, -0.25) is 4.79 Å². The molecule has 0 aliphatic rings. The highest BCUT2D eigenvalue weighted by molar-refractivity contribution is 7.18. The Morgan fingerprint density at radius 2 is 2.16 bits per heavy atom. The summed E-state index contributed by atoms with van der Waals surface area (Å²) in [6, 6.07) is 6.35. The maximum absolute atomic E-state index is 13.6. The number of benzene rings is 1. The van der Waals surface area contributed by atoms with E-state index in [4.69, 9.17) is 0 Å². The molecule has 1 aromatic carbocycles. The molecule has 0 bridgehead atoms. The molecule has 0 fully saturated rings. The summed E-state index contributed by atoms with van der Waals surface area (Å²) in [4.78, 5) is 11.7. The molecule has 0 aliphatic carbocycles. The van der Waals surface area contributed by atoms with Crippen molar-refractivity contribution in [3.05, 3.63) is 30.1 Å². The van der Waals surface area contributed by atoms with Crippen LogP contribution in [0.3, 0.4) is 0 Å². The Morgan fingerprint density at radius 1 is 1.42 bits per heavy atom. The first-order valence-corrected chi connectivity index (χ1v) is 6.82. The molecule has 2 rings (SSSR count). The van der Waals surface area contributed by atoms with Crippen LogP contribution >= 0.6 is 11.3 Å². The number of nitrogens with zero attached hydrogens (tertiary/aromatic N) is 2. The minimum atomic E-state index is -0.349. The average molecular weight is 279 g/mol. The van der Waals surface area contributed by atoms with Crippen molar-refractivity contribution in [1.82, 2.24) is 10.2 Å². The Labute approximate surface area is 114 Å². The highest BCUT2D eigenvalue weighted by Crippen LogP contribution is 2.28. The Bertz CT molecular complexity index is 585. The van der Waals surface area contributed by atoms with Crippen LogP contribution in [0.25, 0.3) is 10.6 Å². The van der Waals surface area contributed by atoms with E-state index in [0.717, 1.165) is 17.8 Å². The molecule has 6 heteroatoms. The molecule has 0 saturated heterocycles. The van der Waals surface area contributed by atoms with Gasteiger partial charge < -0.3 is 5.32 Å². The maximum atomic E-state index is 13.6. The zero-order valence-electron chi connectivity index (χ0n) is 10.7. The number of anilines is 1. The summed E-state index contributed by atoms with van der Waals surface area (Å²) in [7, 11) is 0. The van der Waals surface area contributed by atoms with Gasteiger partial charge in [0.05, 0.1) is 0 Å². The number of halogens is 1. The van der Waals surface area contributed by atoms with E-state index in [1.807, 2.05) is 13.8 Å². The van der Waals surface area contributed by atoms with Crippen LogP contribution < -0.4 is 5.32 Å². The van der Waals surface area contributed by atoms with Crippen molar-refractivity contribution in [2.75, 3.05) is 5.32 Å². The minimum Gasteiger partial charge on any atom is -0.300 e. The summed E-state index contributed by atoms with van der Waals surface area (Å²) in [5.74, 6) is -0.530. The zero-order valence-corrected chi connectivity index (χ0v) is 11.5. The van der Waals surface area contributed by atoms with Crippen LogP contribution in [0.2, 0.25) is 0 Å². The summed E-state index contributed by atoms with van der Waals surface area (Å²) in [5.41, 5.74) is 0.393. The Balaban J connectivity index is 2.16. The van der Waals surface area contributed by atoms with Crippen LogP contribution in [0.15, 0.2) is 24.3 Å². The molecule has 1 amide bonds. The van der Waals surface area contributed by atoms with E-state index in [0.29, 0.717) is 15.7 Å². The lowest BCUT2D eigenvalue weighted by Crippen LogP contribution is -2.19. The zero-order chi connectivity index (χ0) is 13.8. The summed E-state index contributed by atoms with van der Waals surface area (Å²) in [5, 5.41) is 11.3. The number of carbonyl (C=O) groups excluding carboxylic acids is 1. The van der Waals surface area contributed by atoms with E-state index in [1.165, 1.54) is 6.07 Å². The molecule has 19 heavy (non-hydrogen) atoms. The lowest BCUT2D eigenvalue weighted by atomic mass is 10.1. The molecule has 2 aromatic rings. The van der Waals surface area contributed by atoms with Gasteiger partial charge >= 0.3 is 0 Å². The van der Waals surface area contributed by atoms with Crippen molar-refractivity contribution in [1.29, 1.82) is 0 Å². The quantitative estimate of drug-likeness (QED) is 0.934. The number of hydrogen-bond acceptors (Lipinski definition) is 4. The molecular weight excluding hydrogens is 265 g/mol. The van der Waals surface area contributed by atoms with Crippen molar-refractivity contribution in [2.45, 2.75) is 20.3 Å². The van der Waals surface area contributed by atoms with E-state index in [1.54, 1.807) is 18.2 Å². The number of rotatable bonds is 4. The second-order valence-corrected chi connectivity index (χ2v) is 5.17. The summed E-state index contributed by atoms with van der Waals surface area (Å²) in [6.07, 6.45) is 0.755. The van der Waals surface area contributed by atoms with Gasteiger partial charge in [-0.2, -0.15) is 0 Å². The van der Waals surface area contributed by atoms with Gasteiger partial charge in [0, 0.05) is 11.5 Å². The van der Waals surface area contributed by atoms with Crippen molar-refractivity contribution >= 4 is 22.4 Å². The molecule has 0 spiro atoms. The van der Waals surface area contributed by atoms with Gasteiger partial charge in [-0.05, 0) is 18.6 Å². The third-order valence-corrected chi connectivity index (χ3v) is 3.69. The molecule has 0 unspecified atom stereocenters. The van der Waals surface area contributed by atoms with Crippen LogP contribution in [0.5, 0.6) is 0 Å². The van der Waals surface area contributed by atoms with Crippen molar-refractivity contribution in [2.24, 2.45) is 5.92 Å². The van der Waals surface area contributed by atoms with E-state index in [9.17, 15) is 9.18 Å². The lowest BCUT2D eigenvalue weighted by molar-refractivity contribution is -0.119. The fraction of sp³-hybridized carbons (Fsp3) is 0.308. The number of hydrogen-bond donors (Lipinski definition) is 1. The fourth-order valence-electron chi connectivity index (χ4n) is 1.43. The van der Waals surface area contributed by atoms with Crippen molar-refractivity contribution in [3.8, 4) is 10.6 Å². The van der Waals surface area contributed by atoms with Gasteiger partial charge in [-0.1, -0.05) is 37.3 Å². The first kappa shape index (κ1) is 13.6. The number of amides is 1. The average Bonchev–Trinajstić information content (AvgIpc) is 2.86. The molecule has 4 nitrogen and oxygen atoms in total. The van der Waals surface area contributed by atoms with Gasteiger partial charge in [-0.15, -0.1) is 10.2 Å². The Kier molecular flexibility index (Phi) is 4.21. The molecule has 0 aliphatic heterocycles. The Morgan fingerprint density at radius 3 is 2.84 bits per heavy atom. The maximum Gasteiger partial charge on any atom is 0.229 e. The SMILES string of the molecule is CC[C@@H](C)C(=O)Nc1nnc(-c2ccccc2F)s1.